The zero-order valence-corrected chi connectivity index (χ0v) is 20.6. The highest BCUT2D eigenvalue weighted by Gasteiger charge is 2.22. The van der Waals surface area contributed by atoms with Crippen LogP contribution in [0.1, 0.15) is 41.6 Å². The van der Waals surface area contributed by atoms with E-state index in [9.17, 15) is 8.42 Å². The number of anilines is 1. The van der Waals surface area contributed by atoms with Crippen LogP contribution in [0.3, 0.4) is 0 Å². The van der Waals surface area contributed by atoms with Crippen LogP contribution in [0.15, 0.2) is 29.2 Å². The van der Waals surface area contributed by atoms with Crippen molar-refractivity contribution in [1.29, 1.82) is 0 Å². The summed E-state index contributed by atoms with van der Waals surface area (Å²) in [6, 6.07) is 6.73. The molecule has 0 aliphatic carbocycles. The number of aryl methyl sites for hydroxylation is 2. The topological polar surface area (TPSA) is 102 Å². The zero-order valence-electron chi connectivity index (χ0n) is 18.9. The lowest BCUT2D eigenvalue weighted by atomic mass is 9.99. The maximum Gasteiger partial charge on any atom is 0.238 e. The van der Waals surface area contributed by atoms with Gasteiger partial charge in [-0.25, -0.2) is 23.5 Å². The summed E-state index contributed by atoms with van der Waals surface area (Å²) in [7, 11) is -3.66. The number of rotatable bonds is 7. The molecule has 0 saturated carbocycles. The molecule has 0 spiro atoms. The van der Waals surface area contributed by atoms with Crippen LogP contribution in [0.2, 0.25) is 0 Å². The molecule has 0 unspecified atom stereocenters. The van der Waals surface area contributed by atoms with Crippen LogP contribution in [0.5, 0.6) is 0 Å². The second-order valence-corrected chi connectivity index (χ2v) is 11.7. The summed E-state index contributed by atoms with van der Waals surface area (Å²) < 4.78 is 22.9. The number of thiophene rings is 1. The van der Waals surface area contributed by atoms with Gasteiger partial charge < -0.3 is 10.2 Å². The van der Waals surface area contributed by atoms with Gasteiger partial charge in [-0.3, -0.25) is 0 Å². The molecule has 0 bridgehead atoms. The van der Waals surface area contributed by atoms with Crippen molar-refractivity contribution in [1.82, 2.24) is 9.97 Å². The van der Waals surface area contributed by atoms with Gasteiger partial charge in [0, 0.05) is 11.4 Å². The minimum absolute atomic E-state index is 0.135. The number of nitrogens with two attached hydrogens (primary N) is 1. The molecule has 1 saturated heterocycles. The van der Waals surface area contributed by atoms with E-state index in [0.29, 0.717) is 6.54 Å². The molecular formula is C23H32N5O2S2+. The van der Waals surface area contributed by atoms with Crippen molar-refractivity contribution >= 4 is 37.4 Å². The Kier molecular flexibility index (Phi) is 6.80. The normalized spacial score (nSPS) is 19.4. The first kappa shape index (κ1) is 23.1. The molecule has 0 amide bonds. The molecule has 4 rings (SSSR count). The van der Waals surface area contributed by atoms with Crippen LogP contribution in [-0.4, -0.2) is 38.0 Å². The quantitative estimate of drug-likeness (QED) is 0.488. The maximum absolute atomic E-state index is 11.4. The molecule has 2 aromatic heterocycles. The number of piperidine rings is 1. The average Bonchev–Trinajstić information content (AvgIpc) is 3.03. The third-order valence-corrected chi connectivity index (χ3v) is 8.45. The second-order valence-electron chi connectivity index (χ2n) is 8.93. The number of sulfonamides is 1. The number of fused-ring (bicyclic) bond motifs is 1. The Bertz CT molecular complexity index is 1200. The van der Waals surface area contributed by atoms with Gasteiger partial charge in [0.15, 0.2) is 5.82 Å². The first-order valence-corrected chi connectivity index (χ1v) is 13.5. The lowest BCUT2D eigenvalue weighted by Gasteiger charge is -2.26. The SMILES string of the molecule is Cc1sc2nc(C[NH+]3CCC(C)CC3)nc(NCCc3ccc(S(N)(=O)=O)cc3)c2c1C. The smallest absolute Gasteiger partial charge is 0.238 e. The predicted octanol–water partition coefficient (Wildman–Crippen LogP) is 2.42. The first-order chi connectivity index (χ1) is 15.2. The molecule has 7 nitrogen and oxygen atoms in total. The van der Waals surface area contributed by atoms with Crippen molar-refractivity contribution in [2.75, 3.05) is 25.0 Å². The summed E-state index contributed by atoms with van der Waals surface area (Å²) in [5.41, 5.74) is 2.27. The molecule has 172 valence electrons. The standard InChI is InChI=1S/C23H31N5O2S2/c1-15-9-12-28(13-10-15)14-20-26-22(21-16(2)17(3)31-23(21)27-20)25-11-8-18-4-6-19(7-5-18)32(24,29)30/h4-7,15H,8-14H2,1-3H3,(H2,24,29,30)(H,25,26,27)/p+1. The van der Waals surface area contributed by atoms with Crippen molar-refractivity contribution in [3.8, 4) is 0 Å². The molecule has 3 heterocycles. The van der Waals surface area contributed by atoms with Crippen molar-refractivity contribution in [2.45, 2.75) is 51.5 Å². The second kappa shape index (κ2) is 9.43. The summed E-state index contributed by atoms with van der Waals surface area (Å²) in [5.74, 6) is 2.63. The lowest BCUT2D eigenvalue weighted by Crippen LogP contribution is -3.11. The molecule has 1 aliphatic heterocycles. The van der Waals surface area contributed by atoms with E-state index in [1.807, 2.05) is 12.1 Å². The van der Waals surface area contributed by atoms with E-state index >= 15 is 0 Å². The zero-order chi connectivity index (χ0) is 22.9. The molecule has 3 aromatic rings. The molecule has 0 atom stereocenters. The summed E-state index contributed by atoms with van der Waals surface area (Å²) in [5, 5.41) is 9.82. The van der Waals surface area contributed by atoms with E-state index in [1.54, 1.807) is 28.4 Å². The average molecular weight is 475 g/mol. The molecule has 1 fully saturated rings. The van der Waals surface area contributed by atoms with E-state index in [-0.39, 0.29) is 4.90 Å². The van der Waals surface area contributed by atoms with Crippen LogP contribution >= 0.6 is 11.3 Å². The number of hydrogen-bond donors (Lipinski definition) is 3. The third-order valence-electron chi connectivity index (χ3n) is 6.42. The Balaban J connectivity index is 1.50. The molecule has 1 aliphatic rings. The highest BCUT2D eigenvalue weighted by atomic mass is 32.2. The fourth-order valence-corrected chi connectivity index (χ4v) is 5.81. The summed E-state index contributed by atoms with van der Waals surface area (Å²) in [4.78, 5) is 13.9. The number of nitrogens with one attached hydrogen (secondary N) is 2. The molecular weight excluding hydrogens is 442 g/mol. The van der Waals surface area contributed by atoms with Crippen LogP contribution in [0.25, 0.3) is 10.2 Å². The van der Waals surface area contributed by atoms with E-state index in [0.717, 1.165) is 46.3 Å². The van der Waals surface area contributed by atoms with Crippen molar-refractivity contribution in [3.05, 3.63) is 46.1 Å². The van der Waals surface area contributed by atoms with Crippen LogP contribution in [-0.2, 0) is 23.0 Å². The van der Waals surface area contributed by atoms with E-state index in [2.05, 4.69) is 26.1 Å². The van der Waals surface area contributed by atoms with Gasteiger partial charge in [-0.15, -0.1) is 11.3 Å². The van der Waals surface area contributed by atoms with Crippen molar-refractivity contribution in [3.63, 3.8) is 0 Å². The van der Waals surface area contributed by atoms with Crippen molar-refractivity contribution in [2.24, 2.45) is 11.1 Å². The van der Waals surface area contributed by atoms with Crippen LogP contribution in [0, 0.1) is 19.8 Å². The molecule has 9 heteroatoms. The Morgan fingerprint density at radius 2 is 1.84 bits per heavy atom. The third kappa shape index (κ3) is 5.28. The monoisotopic (exact) mass is 474 g/mol. The number of aromatic nitrogens is 2. The van der Waals surface area contributed by atoms with Crippen molar-refractivity contribution < 1.29 is 13.3 Å². The first-order valence-electron chi connectivity index (χ1n) is 11.2. The Morgan fingerprint density at radius 1 is 1.16 bits per heavy atom. The van der Waals surface area contributed by atoms with E-state index in [4.69, 9.17) is 15.1 Å². The van der Waals surface area contributed by atoms with Crippen LogP contribution < -0.4 is 15.4 Å². The van der Waals surface area contributed by atoms with Gasteiger partial charge in [-0.1, -0.05) is 19.1 Å². The fourth-order valence-electron chi connectivity index (χ4n) is 4.24. The van der Waals surface area contributed by atoms with Gasteiger partial charge >= 0.3 is 0 Å². The number of hydrogen-bond acceptors (Lipinski definition) is 6. The van der Waals surface area contributed by atoms with Gasteiger partial charge in [0.1, 0.15) is 17.2 Å². The number of benzene rings is 1. The maximum atomic E-state index is 11.4. The van der Waals surface area contributed by atoms with Gasteiger partial charge in [0.2, 0.25) is 10.0 Å². The lowest BCUT2D eigenvalue weighted by molar-refractivity contribution is -0.920. The van der Waals surface area contributed by atoms with Gasteiger partial charge in [-0.05, 0) is 62.3 Å². The minimum atomic E-state index is -3.66. The number of nitrogens with zero attached hydrogens (tertiary/aromatic N) is 2. The summed E-state index contributed by atoms with van der Waals surface area (Å²) >= 11 is 1.73. The number of likely N-dealkylation sites (tertiary alicyclic amines) is 1. The van der Waals surface area contributed by atoms with Crippen LogP contribution in [0.4, 0.5) is 5.82 Å². The summed E-state index contributed by atoms with van der Waals surface area (Å²) in [6.45, 7) is 10.5. The Hall–Kier alpha value is -2.07. The predicted molar refractivity (Wildman–Crippen MR) is 130 cm³/mol. The largest absolute Gasteiger partial charge is 0.369 e. The molecule has 4 N–H and O–H groups in total. The fraction of sp³-hybridized carbons (Fsp3) is 0.478. The van der Waals surface area contributed by atoms with E-state index < -0.39 is 10.0 Å². The Morgan fingerprint density at radius 3 is 2.50 bits per heavy atom. The number of quaternary nitrogens is 1. The van der Waals surface area contributed by atoms with Gasteiger partial charge in [-0.2, -0.15) is 0 Å². The highest BCUT2D eigenvalue weighted by Crippen LogP contribution is 2.33. The highest BCUT2D eigenvalue weighted by molar-refractivity contribution is 7.89. The Labute approximate surface area is 194 Å². The van der Waals surface area contributed by atoms with Gasteiger partial charge in [0.05, 0.1) is 23.4 Å². The summed E-state index contributed by atoms with van der Waals surface area (Å²) in [6.07, 6.45) is 3.29. The van der Waals surface area contributed by atoms with E-state index in [1.165, 1.54) is 36.4 Å². The molecule has 0 radical (unpaired) electrons. The molecule has 32 heavy (non-hydrogen) atoms. The molecule has 1 aromatic carbocycles. The number of primary sulfonamides is 1. The van der Waals surface area contributed by atoms with Gasteiger partial charge in [0.25, 0.3) is 0 Å². The minimum Gasteiger partial charge on any atom is -0.369 e.